The Bertz CT molecular complexity index is 352. The van der Waals surface area contributed by atoms with Crippen molar-refractivity contribution in [1.82, 2.24) is 0 Å². The summed E-state index contributed by atoms with van der Waals surface area (Å²) in [6.45, 7) is 7.30. The lowest BCUT2D eigenvalue weighted by Gasteiger charge is -1.96. The van der Waals surface area contributed by atoms with Crippen LogP contribution in [0.5, 0.6) is 0 Å². The van der Waals surface area contributed by atoms with Crippen LogP contribution in [0.2, 0.25) is 0 Å². The average molecular weight is 236 g/mol. The van der Waals surface area contributed by atoms with Crippen molar-refractivity contribution in [2.75, 3.05) is 6.61 Å². The fourth-order valence-electron chi connectivity index (χ4n) is 1.20. The Balaban J connectivity index is 0.000000366. The van der Waals surface area contributed by atoms with E-state index in [1.54, 1.807) is 13.8 Å². The standard InChI is InChI=1S/C10H12O.C4H8O2/c1-8-3-5-10(6-4-8)7-9(2)11;1-3-6-4(2)5/h3-6H,7H2,1-2H3;3H2,1-2H3. The molecule has 0 saturated carbocycles. The predicted molar refractivity (Wildman–Crippen MR) is 67.9 cm³/mol. The van der Waals surface area contributed by atoms with E-state index in [9.17, 15) is 9.59 Å². The molecule has 0 aliphatic heterocycles. The van der Waals surface area contributed by atoms with E-state index in [4.69, 9.17) is 0 Å². The fourth-order valence-corrected chi connectivity index (χ4v) is 1.20. The lowest BCUT2D eigenvalue weighted by atomic mass is 10.1. The normalized spacial score (nSPS) is 8.94. The van der Waals surface area contributed by atoms with Crippen LogP contribution in [0.25, 0.3) is 0 Å². The van der Waals surface area contributed by atoms with Gasteiger partial charge in [-0.25, -0.2) is 0 Å². The minimum atomic E-state index is -0.211. The topological polar surface area (TPSA) is 43.4 Å². The molecule has 94 valence electrons. The molecule has 0 atom stereocenters. The molecule has 0 fully saturated rings. The highest BCUT2D eigenvalue weighted by Gasteiger charge is 1.95. The molecule has 1 rings (SSSR count). The molecule has 0 aromatic heterocycles. The number of hydrogen-bond acceptors (Lipinski definition) is 3. The largest absolute Gasteiger partial charge is 0.466 e. The number of aryl methyl sites for hydroxylation is 1. The Morgan fingerprint density at radius 3 is 1.94 bits per heavy atom. The molecule has 3 nitrogen and oxygen atoms in total. The van der Waals surface area contributed by atoms with Gasteiger partial charge in [-0.2, -0.15) is 0 Å². The maximum atomic E-state index is 10.7. The van der Waals surface area contributed by atoms with E-state index in [-0.39, 0.29) is 11.8 Å². The molecule has 0 bridgehead atoms. The van der Waals surface area contributed by atoms with Crippen molar-refractivity contribution < 1.29 is 14.3 Å². The number of ketones is 1. The van der Waals surface area contributed by atoms with E-state index in [0.717, 1.165) is 5.56 Å². The summed E-state index contributed by atoms with van der Waals surface area (Å²) in [5.41, 5.74) is 2.33. The van der Waals surface area contributed by atoms with Crippen LogP contribution < -0.4 is 0 Å². The summed E-state index contributed by atoms with van der Waals surface area (Å²) < 4.78 is 4.40. The van der Waals surface area contributed by atoms with E-state index in [0.29, 0.717) is 13.0 Å². The van der Waals surface area contributed by atoms with Gasteiger partial charge in [0.25, 0.3) is 0 Å². The molecule has 0 unspecified atom stereocenters. The van der Waals surface area contributed by atoms with Gasteiger partial charge >= 0.3 is 5.97 Å². The van der Waals surface area contributed by atoms with Crippen molar-refractivity contribution >= 4 is 11.8 Å². The molecule has 3 heteroatoms. The van der Waals surface area contributed by atoms with Crippen molar-refractivity contribution in [3.05, 3.63) is 35.4 Å². The lowest BCUT2D eigenvalue weighted by Crippen LogP contribution is -1.95. The van der Waals surface area contributed by atoms with Gasteiger partial charge in [0.1, 0.15) is 5.78 Å². The summed E-state index contributed by atoms with van der Waals surface area (Å²) in [4.78, 5) is 20.5. The molecule has 0 amide bonds. The highest BCUT2D eigenvalue weighted by atomic mass is 16.5. The van der Waals surface area contributed by atoms with Crippen LogP contribution in [0.3, 0.4) is 0 Å². The number of benzene rings is 1. The number of rotatable bonds is 3. The second-order valence-electron chi connectivity index (χ2n) is 3.79. The first kappa shape index (κ1) is 15.4. The summed E-state index contributed by atoms with van der Waals surface area (Å²) in [5.74, 6) is 0.00588. The number of Topliss-reactive ketones (excluding diaryl/α,β-unsaturated/α-hetero) is 1. The van der Waals surface area contributed by atoms with E-state index in [2.05, 4.69) is 4.74 Å². The second-order valence-corrected chi connectivity index (χ2v) is 3.79. The number of esters is 1. The molecular weight excluding hydrogens is 216 g/mol. The zero-order valence-corrected chi connectivity index (χ0v) is 10.9. The third-order valence-electron chi connectivity index (χ3n) is 1.92. The van der Waals surface area contributed by atoms with Gasteiger partial charge in [-0.1, -0.05) is 29.8 Å². The van der Waals surface area contributed by atoms with Gasteiger partial charge in [0, 0.05) is 13.3 Å². The average Bonchev–Trinajstić information content (AvgIpc) is 2.21. The van der Waals surface area contributed by atoms with Crippen LogP contribution in [0, 0.1) is 6.92 Å². The Labute approximate surface area is 103 Å². The summed E-state index contributed by atoms with van der Waals surface area (Å²) in [5, 5.41) is 0. The molecular formula is C14H20O3. The number of carbonyl (C=O) groups excluding carboxylic acids is 2. The monoisotopic (exact) mass is 236 g/mol. The van der Waals surface area contributed by atoms with Gasteiger partial charge in [0.2, 0.25) is 0 Å². The van der Waals surface area contributed by atoms with Crippen LogP contribution in [-0.2, 0) is 20.7 Å². The first-order valence-corrected chi connectivity index (χ1v) is 5.64. The molecule has 1 aromatic rings. The third kappa shape index (κ3) is 9.30. The number of ether oxygens (including phenoxy) is 1. The molecule has 0 aliphatic rings. The van der Waals surface area contributed by atoms with Gasteiger partial charge in [0.15, 0.2) is 0 Å². The van der Waals surface area contributed by atoms with Gasteiger partial charge in [0.05, 0.1) is 6.61 Å². The van der Waals surface area contributed by atoms with Crippen LogP contribution >= 0.6 is 0 Å². The Kier molecular flexibility index (Phi) is 7.68. The maximum Gasteiger partial charge on any atom is 0.302 e. The third-order valence-corrected chi connectivity index (χ3v) is 1.92. The SMILES string of the molecule is CC(=O)Cc1ccc(C)cc1.CCOC(C)=O. The number of carbonyl (C=O) groups is 2. The van der Waals surface area contributed by atoms with E-state index >= 15 is 0 Å². The molecule has 0 radical (unpaired) electrons. The van der Waals surface area contributed by atoms with Crippen LogP contribution in [0.4, 0.5) is 0 Å². The number of hydrogen-bond donors (Lipinski definition) is 0. The molecule has 17 heavy (non-hydrogen) atoms. The Morgan fingerprint density at radius 1 is 1.12 bits per heavy atom. The minimum Gasteiger partial charge on any atom is -0.466 e. The van der Waals surface area contributed by atoms with E-state index < -0.39 is 0 Å². The van der Waals surface area contributed by atoms with E-state index in [1.807, 2.05) is 31.2 Å². The molecule has 1 aromatic carbocycles. The quantitative estimate of drug-likeness (QED) is 0.758. The fraction of sp³-hybridized carbons (Fsp3) is 0.429. The summed E-state index contributed by atoms with van der Waals surface area (Å²) >= 11 is 0. The first-order valence-electron chi connectivity index (χ1n) is 5.64. The second kappa shape index (κ2) is 8.50. The Hall–Kier alpha value is -1.64. The smallest absolute Gasteiger partial charge is 0.302 e. The van der Waals surface area contributed by atoms with Gasteiger partial charge < -0.3 is 4.74 Å². The molecule has 0 saturated heterocycles. The summed E-state index contributed by atoms with van der Waals surface area (Å²) in [6, 6.07) is 8.05. The minimum absolute atomic E-state index is 0.211. The molecule has 0 spiro atoms. The van der Waals surface area contributed by atoms with Crippen molar-refractivity contribution in [2.24, 2.45) is 0 Å². The maximum absolute atomic E-state index is 10.7. The zero-order chi connectivity index (χ0) is 13.3. The molecule has 0 N–H and O–H groups in total. The summed E-state index contributed by atoms with van der Waals surface area (Å²) in [6.07, 6.45) is 0.556. The zero-order valence-electron chi connectivity index (χ0n) is 10.9. The van der Waals surface area contributed by atoms with Crippen LogP contribution in [-0.4, -0.2) is 18.4 Å². The lowest BCUT2D eigenvalue weighted by molar-refractivity contribution is -0.140. The molecule has 0 heterocycles. The predicted octanol–water partition coefficient (Wildman–Crippen LogP) is 2.70. The van der Waals surface area contributed by atoms with Crippen molar-refractivity contribution in [3.63, 3.8) is 0 Å². The van der Waals surface area contributed by atoms with Crippen molar-refractivity contribution in [2.45, 2.75) is 34.1 Å². The highest BCUT2D eigenvalue weighted by molar-refractivity contribution is 5.78. The molecule has 0 aliphatic carbocycles. The van der Waals surface area contributed by atoms with Crippen molar-refractivity contribution in [1.29, 1.82) is 0 Å². The van der Waals surface area contributed by atoms with Crippen molar-refractivity contribution in [3.8, 4) is 0 Å². The first-order chi connectivity index (χ1) is 7.95. The Morgan fingerprint density at radius 2 is 1.65 bits per heavy atom. The summed E-state index contributed by atoms with van der Waals surface area (Å²) in [7, 11) is 0. The van der Waals surface area contributed by atoms with E-state index in [1.165, 1.54) is 12.5 Å². The van der Waals surface area contributed by atoms with Gasteiger partial charge in [-0.05, 0) is 26.3 Å². The van der Waals surface area contributed by atoms with Gasteiger partial charge in [-0.15, -0.1) is 0 Å². The van der Waals surface area contributed by atoms with Crippen LogP contribution in [0.1, 0.15) is 31.9 Å². The van der Waals surface area contributed by atoms with Crippen LogP contribution in [0.15, 0.2) is 24.3 Å². The highest BCUT2D eigenvalue weighted by Crippen LogP contribution is 2.03. The van der Waals surface area contributed by atoms with Gasteiger partial charge in [-0.3, -0.25) is 9.59 Å².